The van der Waals surface area contributed by atoms with Crippen molar-refractivity contribution in [2.24, 2.45) is 0 Å². The summed E-state index contributed by atoms with van der Waals surface area (Å²) in [5, 5.41) is 11.1. The SMILES string of the molecule is COC(=O)N[C@@H](C(=O)O)[C@@H](C)OC(C)(C)C. The number of carboxylic acids is 1. The number of hydrogen-bond acceptors (Lipinski definition) is 4. The molecular formula is C10H19NO5. The third-order valence-electron chi connectivity index (χ3n) is 1.73. The Kier molecular flexibility index (Phi) is 5.23. The van der Waals surface area contributed by atoms with Gasteiger partial charge in [-0.05, 0) is 27.7 Å². The standard InChI is InChI=1S/C10H19NO5/c1-6(16-10(2,3)4)7(8(12)13)11-9(14)15-5/h6-7H,1-5H3,(H,11,14)(H,12,13)/t6-,7-/m1/s1. The van der Waals surface area contributed by atoms with Crippen molar-refractivity contribution in [3.05, 3.63) is 0 Å². The van der Waals surface area contributed by atoms with Crippen molar-refractivity contribution >= 4 is 12.1 Å². The van der Waals surface area contributed by atoms with Gasteiger partial charge in [0.25, 0.3) is 0 Å². The lowest BCUT2D eigenvalue weighted by Crippen LogP contribution is -2.50. The van der Waals surface area contributed by atoms with Crippen molar-refractivity contribution in [2.75, 3.05) is 7.11 Å². The van der Waals surface area contributed by atoms with Gasteiger partial charge in [-0.15, -0.1) is 0 Å². The van der Waals surface area contributed by atoms with Gasteiger partial charge in [0, 0.05) is 0 Å². The molecule has 94 valence electrons. The van der Waals surface area contributed by atoms with Crippen molar-refractivity contribution in [2.45, 2.75) is 45.4 Å². The molecule has 6 nitrogen and oxygen atoms in total. The summed E-state index contributed by atoms with van der Waals surface area (Å²) in [5.41, 5.74) is -0.481. The Morgan fingerprint density at radius 1 is 1.31 bits per heavy atom. The van der Waals surface area contributed by atoms with E-state index in [9.17, 15) is 9.59 Å². The highest BCUT2D eigenvalue weighted by Crippen LogP contribution is 2.13. The van der Waals surface area contributed by atoms with E-state index in [0.717, 1.165) is 0 Å². The van der Waals surface area contributed by atoms with Crippen molar-refractivity contribution in [3.8, 4) is 0 Å². The van der Waals surface area contributed by atoms with E-state index in [1.165, 1.54) is 7.11 Å². The first-order chi connectivity index (χ1) is 7.17. The number of nitrogens with one attached hydrogen (secondary N) is 1. The molecule has 2 N–H and O–H groups in total. The molecule has 0 aliphatic carbocycles. The zero-order valence-corrected chi connectivity index (χ0v) is 10.2. The van der Waals surface area contributed by atoms with Crippen molar-refractivity contribution in [1.29, 1.82) is 0 Å². The molecule has 0 aromatic rings. The third-order valence-corrected chi connectivity index (χ3v) is 1.73. The van der Waals surface area contributed by atoms with Gasteiger partial charge < -0.3 is 19.9 Å². The van der Waals surface area contributed by atoms with Gasteiger partial charge in [-0.3, -0.25) is 0 Å². The largest absolute Gasteiger partial charge is 0.480 e. The van der Waals surface area contributed by atoms with Crippen LogP contribution < -0.4 is 5.32 Å². The highest BCUT2D eigenvalue weighted by Gasteiger charge is 2.30. The number of aliphatic carboxylic acids is 1. The second-order valence-electron chi connectivity index (χ2n) is 4.39. The molecule has 2 atom stereocenters. The molecule has 0 aliphatic rings. The molecule has 0 fully saturated rings. The first-order valence-electron chi connectivity index (χ1n) is 4.92. The number of alkyl carbamates (subject to hydrolysis) is 1. The van der Waals surface area contributed by atoms with Crippen LogP contribution in [-0.2, 0) is 14.3 Å². The van der Waals surface area contributed by atoms with Crippen LogP contribution in [0.5, 0.6) is 0 Å². The van der Waals surface area contributed by atoms with Gasteiger partial charge in [-0.1, -0.05) is 0 Å². The summed E-state index contributed by atoms with van der Waals surface area (Å²) in [6.45, 7) is 7.00. The minimum atomic E-state index is -1.16. The molecular weight excluding hydrogens is 214 g/mol. The summed E-state index contributed by atoms with van der Waals surface area (Å²) in [7, 11) is 1.17. The van der Waals surface area contributed by atoms with Gasteiger partial charge in [0.05, 0.1) is 18.8 Å². The van der Waals surface area contributed by atoms with E-state index in [2.05, 4.69) is 10.1 Å². The Labute approximate surface area is 94.9 Å². The number of carboxylic acid groups (broad SMARTS) is 1. The fourth-order valence-corrected chi connectivity index (χ4v) is 1.19. The van der Waals surface area contributed by atoms with Crippen LogP contribution in [0.15, 0.2) is 0 Å². The quantitative estimate of drug-likeness (QED) is 0.756. The van der Waals surface area contributed by atoms with E-state index in [4.69, 9.17) is 9.84 Å². The van der Waals surface area contributed by atoms with Crippen LogP contribution in [0.1, 0.15) is 27.7 Å². The average Bonchev–Trinajstić information content (AvgIpc) is 2.09. The van der Waals surface area contributed by atoms with E-state index in [1.807, 2.05) is 0 Å². The number of methoxy groups -OCH3 is 1. The molecule has 0 aromatic heterocycles. The molecule has 0 saturated heterocycles. The van der Waals surface area contributed by atoms with Gasteiger partial charge >= 0.3 is 12.1 Å². The molecule has 0 bridgehead atoms. The molecule has 0 heterocycles. The lowest BCUT2D eigenvalue weighted by molar-refractivity contribution is -0.147. The van der Waals surface area contributed by atoms with Gasteiger partial charge in [-0.25, -0.2) is 9.59 Å². The number of hydrogen-bond donors (Lipinski definition) is 2. The minimum Gasteiger partial charge on any atom is -0.480 e. The second-order valence-corrected chi connectivity index (χ2v) is 4.39. The Bertz CT molecular complexity index is 258. The second kappa shape index (κ2) is 5.69. The molecule has 1 amide bonds. The average molecular weight is 233 g/mol. The molecule has 0 saturated carbocycles. The summed E-state index contributed by atoms with van der Waals surface area (Å²) in [6.07, 6.45) is -1.45. The fourth-order valence-electron chi connectivity index (χ4n) is 1.19. The third kappa shape index (κ3) is 5.55. The summed E-state index contributed by atoms with van der Waals surface area (Å²) < 4.78 is 9.80. The molecule has 0 unspecified atom stereocenters. The number of rotatable bonds is 4. The lowest BCUT2D eigenvalue weighted by atomic mass is 10.1. The Balaban J connectivity index is 4.53. The van der Waals surface area contributed by atoms with Crippen molar-refractivity contribution in [1.82, 2.24) is 5.32 Å². The fraction of sp³-hybridized carbons (Fsp3) is 0.800. The van der Waals surface area contributed by atoms with Crippen LogP contribution in [0.3, 0.4) is 0 Å². The van der Waals surface area contributed by atoms with Gasteiger partial charge in [0.1, 0.15) is 0 Å². The van der Waals surface area contributed by atoms with Crippen molar-refractivity contribution < 1.29 is 24.2 Å². The zero-order valence-electron chi connectivity index (χ0n) is 10.2. The normalized spacial score (nSPS) is 15.1. The summed E-state index contributed by atoms with van der Waals surface area (Å²) >= 11 is 0. The van der Waals surface area contributed by atoms with Crippen molar-refractivity contribution in [3.63, 3.8) is 0 Å². The molecule has 0 aromatic carbocycles. The number of ether oxygens (including phenoxy) is 2. The number of amides is 1. The van der Waals surface area contributed by atoms with Crippen LogP contribution >= 0.6 is 0 Å². The van der Waals surface area contributed by atoms with Crippen LogP contribution in [-0.4, -0.2) is 42.0 Å². The maximum absolute atomic E-state index is 10.9. The highest BCUT2D eigenvalue weighted by atomic mass is 16.5. The van der Waals surface area contributed by atoms with E-state index in [1.54, 1.807) is 27.7 Å². The highest BCUT2D eigenvalue weighted by molar-refractivity contribution is 5.80. The zero-order chi connectivity index (χ0) is 12.9. The van der Waals surface area contributed by atoms with E-state index < -0.39 is 29.8 Å². The molecule has 0 spiro atoms. The summed E-state index contributed by atoms with van der Waals surface area (Å²) in [5.74, 6) is -1.16. The Morgan fingerprint density at radius 3 is 2.12 bits per heavy atom. The summed E-state index contributed by atoms with van der Waals surface area (Å²) in [6, 6.07) is -1.13. The monoisotopic (exact) mass is 233 g/mol. The Morgan fingerprint density at radius 2 is 1.81 bits per heavy atom. The van der Waals surface area contributed by atoms with Gasteiger partial charge in [-0.2, -0.15) is 0 Å². The minimum absolute atomic E-state index is 0.481. The predicted octanol–water partition coefficient (Wildman–Crippen LogP) is 0.999. The maximum atomic E-state index is 10.9. The van der Waals surface area contributed by atoms with E-state index in [-0.39, 0.29) is 0 Å². The molecule has 16 heavy (non-hydrogen) atoms. The molecule has 0 rings (SSSR count). The number of carbonyl (C=O) groups is 2. The first-order valence-corrected chi connectivity index (χ1v) is 4.92. The number of carbonyl (C=O) groups excluding carboxylic acids is 1. The van der Waals surface area contributed by atoms with Crippen LogP contribution in [0.25, 0.3) is 0 Å². The predicted molar refractivity (Wildman–Crippen MR) is 57.3 cm³/mol. The van der Waals surface area contributed by atoms with Gasteiger partial charge in [0.2, 0.25) is 0 Å². The van der Waals surface area contributed by atoms with Gasteiger partial charge in [0.15, 0.2) is 6.04 Å². The van der Waals surface area contributed by atoms with Crippen LogP contribution in [0.4, 0.5) is 4.79 Å². The topological polar surface area (TPSA) is 84.9 Å². The smallest absolute Gasteiger partial charge is 0.407 e. The van der Waals surface area contributed by atoms with Crippen LogP contribution in [0, 0.1) is 0 Å². The van der Waals surface area contributed by atoms with E-state index in [0.29, 0.717) is 0 Å². The van der Waals surface area contributed by atoms with Crippen LogP contribution in [0.2, 0.25) is 0 Å². The van der Waals surface area contributed by atoms with E-state index >= 15 is 0 Å². The molecule has 0 radical (unpaired) electrons. The maximum Gasteiger partial charge on any atom is 0.407 e. The molecule has 0 aliphatic heterocycles. The summed E-state index contributed by atoms with van der Waals surface area (Å²) in [4.78, 5) is 21.9. The first kappa shape index (κ1) is 14.7. The lowest BCUT2D eigenvalue weighted by Gasteiger charge is -2.28. The molecule has 6 heteroatoms. The Hall–Kier alpha value is -1.30.